The Balaban J connectivity index is 1.70. The number of rotatable bonds is 6. The quantitative estimate of drug-likeness (QED) is 0.767. The van der Waals surface area contributed by atoms with Gasteiger partial charge in [-0.2, -0.15) is 0 Å². The second kappa shape index (κ2) is 8.36. The van der Waals surface area contributed by atoms with E-state index < -0.39 is 0 Å². The van der Waals surface area contributed by atoms with Crippen molar-refractivity contribution in [1.29, 1.82) is 0 Å². The fourth-order valence-electron chi connectivity index (χ4n) is 2.73. The molecule has 3 rings (SSSR count). The molecule has 1 aliphatic rings. The van der Waals surface area contributed by atoms with Crippen molar-refractivity contribution in [2.75, 3.05) is 13.2 Å². The van der Waals surface area contributed by atoms with Crippen molar-refractivity contribution < 1.29 is 9.53 Å². The van der Waals surface area contributed by atoms with Crippen molar-refractivity contribution in [1.82, 2.24) is 14.9 Å². The fourth-order valence-corrected chi connectivity index (χ4v) is 2.73. The average Bonchev–Trinajstić information content (AvgIpc) is 3.14. The smallest absolute Gasteiger partial charge is 0.246 e. The molecule has 0 bridgehead atoms. The van der Waals surface area contributed by atoms with Gasteiger partial charge < -0.3 is 9.64 Å². The molecule has 1 fully saturated rings. The molecule has 0 aliphatic carbocycles. The molecule has 0 radical (unpaired) electrons. The average molecular weight is 323 g/mol. The second-order valence-electron chi connectivity index (χ2n) is 5.83. The monoisotopic (exact) mass is 323 g/mol. The van der Waals surface area contributed by atoms with Gasteiger partial charge in [0.2, 0.25) is 5.91 Å². The van der Waals surface area contributed by atoms with E-state index >= 15 is 0 Å². The first-order valence-corrected chi connectivity index (χ1v) is 8.19. The third kappa shape index (κ3) is 4.73. The molecule has 0 N–H and O–H groups in total. The molecule has 1 atom stereocenters. The van der Waals surface area contributed by atoms with Crippen LogP contribution in [0.15, 0.2) is 55.1 Å². The zero-order chi connectivity index (χ0) is 16.6. The van der Waals surface area contributed by atoms with Crippen LogP contribution in [0.25, 0.3) is 6.08 Å². The van der Waals surface area contributed by atoms with E-state index in [4.69, 9.17) is 4.74 Å². The number of nitrogens with zero attached hydrogens (tertiary/aromatic N) is 3. The molecule has 1 amide bonds. The molecule has 2 aromatic rings. The van der Waals surface area contributed by atoms with Gasteiger partial charge >= 0.3 is 0 Å². The van der Waals surface area contributed by atoms with E-state index in [1.54, 1.807) is 30.9 Å². The van der Waals surface area contributed by atoms with E-state index in [1.807, 2.05) is 35.2 Å². The van der Waals surface area contributed by atoms with Crippen LogP contribution in [0.2, 0.25) is 0 Å². The Labute approximate surface area is 142 Å². The summed E-state index contributed by atoms with van der Waals surface area (Å²) in [5.41, 5.74) is 1.97. The van der Waals surface area contributed by atoms with Crippen LogP contribution in [0, 0.1) is 0 Å². The highest BCUT2D eigenvalue weighted by Crippen LogP contribution is 2.15. The summed E-state index contributed by atoms with van der Waals surface area (Å²) < 4.78 is 5.69. The summed E-state index contributed by atoms with van der Waals surface area (Å²) in [6, 6.07) is 7.61. The van der Waals surface area contributed by atoms with Crippen LogP contribution in [0.5, 0.6) is 0 Å². The van der Waals surface area contributed by atoms with Crippen molar-refractivity contribution in [3.63, 3.8) is 0 Å². The van der Waals surface area contributed by atoms with Gasteiger partial charge in [0.25, 0.3) is 0 Å². The SMILES string of the molecule is O=C(/C=C/c1ccncc1)N(Cc1cccnc1)CC1CCCO1. The number of carbonyl (C=O) groups excluding carboxylic acids is 1. The van der Waals surface area contributed by atoms with E-state index in [-0.39, 0.29) is 12.0 Å². The molecule has 1 aliphatic heterocycles. The van der Waals surface area contributed by atoms with Gasteiger partial charge in [-0.3, -0.25) is 14.8 Å². The summed E-state index contributed by atoms with van der Waals surface area (Å²) in [6.45, 7) is 1.92. The highest BCUT2D eigenvalue weighted by Gasteiger charge is 2.21. The predicted molar refractivity (Wildman–Crippen MR) is 91.9 cm³/mol. The molecule has 0 aromatic carbocycles. The van der Waals surface area contributed by atoms with Crippen molar-refractivity contribution in [3.05, 3.63) is 66.3 Å². The number of amides is 1. The maximum Gasteiger partial charge on any atom is 0.246 e. The van der Waals surface area contributed by atoms with E-state index in [1.165, 1.54) is 0 Å². The topological polar surface area (TPSA) is 55.3 Å². The van der Waals surface area contributed by atoms with E-state index in [2.05, 4.69) is 9.97 Å². The third-order valence-electron chi connectivity index (χ3n) is 3.98. The van der Waals surface area contributed by atoms with Gasteiger partial charge in [0.05, 0.1) is 6.10 Å². The molecular formula is C19H21N3O2. The van der Waals surface area contributed by atoms with E-state index in [9.17, 15) is 4.79 Å². The number of aromatic nitrogens is 2. The maximum atomic E-state index is 12.7. The molecule has 1 saturated heterocycles. The largest absolute Gasteiger partial charge is 0.376 e. The number of hydrogen-bond acceptors (Lipinski definition) is 4. The van der Waals surface area contributed by atoms with Crippen molar-refractivity contribution in [2.45, 2.75) is 25.5 Å². The predicted octanol–water partition coefficient (Wildman–Crippen LogP) is 2.70. The zero-order valence-corrected chi connectivity index (χ0v) is 13.5. The Morgan fingerprint density at radius 3 is 2.83 bits per heavy atom. The molecule has 124 valence electrons. The summed E-state index contributed by atoms with van der Waals surface area (Å²) in [6.07, 6.45) is 12.6. The summed E-state index contributed by atoms with van der Waals surface area (Å²) in [7, 11) is 0. The maximum absolute atomic E-state index is 12.7. The van der Waals surface area contributed by atoms with Crippen LogP contribution in [-0.4, -0.2) is 40.0 Å². The van der Waals surface area contributed by atoms with Gasteiger partial charge in [-0.25, -0.2) is 0 Å². The molecule has 5 nitrogen and oxygen atoms in total. The highest BCUT2D eigenvalue weighted by atomic mass is 16.5. The molecule has 2 aromatic heterocycles. The Kier molecular flexibility index (Phi) is 5.69. The highest BCUT2D eigenvalue weighted by molar-refractivity contribution is 5.91. The number of carbonyl (C=O) groups is 1. The number of hydrogen-bond donors (Lipinski definition) is 0. The molecule has 0 saturated carbocycles. The molecular weight excluding hydrogens is 302 g/mol. The minimum atomic E-state index is -0.0221. The van der Waals surface area contributed by atoms with E-state index in [0.717, 1.165) is 30.6 Å². The molecule has 0 spiro atoms. The van der Waals surface area contributed by atoms with Crippen LogP contribution >= 0.6 is 0 Å². The van der Waals surface area contributed by atoms with Gasteiger partial charge in [0.15, 0.2) is 0 Å². The van der Waals surface area contributed by atoms with Crippen LogP contribution in [0.1, 0.15) is 24.0 Å². The number of ether oxygens (including phenoxy) is 1. The lowest BCUT2D eigenvalue weighted by Gasteiger charge is -2.24. The Morgan fingerprint density at radius 2 is 2.12 bits per heavy atom. The van der Waals surface area contributed by atoms with Crippen LogP contribution in [-0.2, 0) is 16.1 Å². The first-order chi connectivity index (χ1) is 11.8. The van der Waals surface area contributed by atoms with Crippen LogP contribution < -0.4 is 0 Å². The minimum absolute atomic E-state index is 0.0221. The summed E-state index contributed by atoms with van der Waals surface area (Å²) in [4.78, 5) is 22.6. The van der Waals surface area contributed by atoms with Gasteiger partial charge in [0.1, 0.15) is 0 Å². The van der Waals surface area contributed by atoms with Gasteiger partial charge in [-0.1, -0.05) is 6.07 Å². The summed E-state index contributed by atoms with van der Waals surface area (Å²) in [5, 5.41) is 0. The first-order valence-electron chi connectivity index (χ1n) is 8.19. The summed E-state index contributed by atoms with van der Waals surface area (Å²) in [5.74, 6) is -0.0221. The Hall–Kier alpha value is -2.53. The standard InChI is InChI=1S/C19H21N3O2/c23-19(6-5-16-7-10-20-11-8-16)22(15-18-4-2-12-24-18)14-17-3-1-9-21-13-17/h1,3,5-11,13,18H,2,4,12,14-15H2/b6-5+. The zero-order valence-electron chi connectivity index (χ0n) is 13.5. The van der Waals surface area contributed by atoms with Gasteiger partial charge in [-0.15, -0.1) is 0 Å². The summed E-state index contributed by atoms with van der Waals surface area (Å²) >= 11 is 0. The van der Waals surface area contributed by atoms with Crippen LogP contribution in [0.3, 0.4) is 0 Å². The lowest BCUT2D eigenvalue weighted by molar-refractivity contribution is -0.128. The fraction of sp³-hybridized carbons (Fsp3) is 0.316. The van der Waals surface area contributed by atoms with E-state index in [0.29, 0.717) is 13.1 Å². The van der Waals surface area contributed by atoms with Crippen molar-refractivity contribution in [3.8, 4) is 0 Å². The molecule has 1 unspecified atom stereocenters. The first kappa shape index (κ1) is 16.3. The Morgan fingerprint density at radius 1 is 1.25 bits per heavy atom. The molecule has 24 heavy (non-hydrogen) atoms. The van der Waals surface area contributed by atoms with Gasteiger partial charge in [0, 0.05) is 50.6 Å². The van der Waals surface area contributed by atoms with Crippen molar-refractivity contribution in [2.24, 2.45) is 0 Å². The minimum Gasteiger partial charge on any atom is -0.376 e. The van der Waals surface area contributed by atoms with Crippen LogP contribution in [0.4, 0.5) is 0 Å². The molecule has 3 heterocycles. The van der Waals surface area contributed by atoms with Crippen molar-refractivity contribution >= 4 is 12.0 Å². The molecule has 5 heteroatoms. The number of pyridine rings is 2. The van der Waals surface area contributed by atoms with Gasteiger partial charge in [-0.05, 0) is 48.2 Å². The lowest BCUT2D eigenvalue weighted by Crippen LogP contribution is -2.35. The Bertz CT molecular complexity index is 668. The third-order valence-corrected chi connectivity index (χ3v) is 3.98. The normalized spacial score (nSPS) is 17.2. The lowest BCUT2D eigenvalue weighted by atomic mass is 10.2. The second-order valence-corrected chi connectivity index (χ2v) is 5.83.